The van der Waals surface area contributed by atoms with Crippen molar-refractivity contribution in [2.75, 3.05) is 11.0 Å². The zero-order chi connectivity index (χ0) is 10.2. The van der Waals surface area contributed by atoms with E-state index in [9.17, 15) is 8.42 Å². The molecule has 0 saturated carbocycles. The van der Waals surface area contributed by atoms with Crippen molar-refractivity contribution < 1.29 is 13.2 Å². The molecular weight excluding hydrogens is 202 g/mol. The normalized spacial score (nSPS) is 15.2. The van der Waals surface area contributed by atoms with E-state index in [0.29, 0.717) is 18.9 Å². The average molecular weight is 213 g/mol. The van der Waals surface area contributed by atoms with E-state index < -0.39 is 10.0 Å². The molecule has 1 aromatic carbocycles. The summed E-state index contributed by atoms with van der Waals surface area (Å²) >= 11 is 0. The Kier molecular flexibility index (Phi) is 2.20. The van der Waals surface area contributed by atoms with Gasteiger partial charge < -0.3 is 4.74 Å². The van der Waals surface area contributed by atoms with Crippen LogP contribution in [0.15, 0.2) is 18.2 Å². The topological polar surface area (TPSA) is 55.4 Å². The first-order valence-corrected chi connectivity index (χ1v) is 6.11. The SMILES string of the molecule is CS(=O)(=O)Nc1ccc2c(c1)COC2. The summed E-state index contributed by atoms with van der Waals surface area (Å²) in [6.45, 7) is 1.18. The second-order valence-electron chi connectivity index (χ2n) is 3.35. The van der Waals surface area contributed by atoms with Crippen molar-refractivity contribution in [3.05, 3.63) is 29.3 Å². The molecule has 1 N–H and O–H groups in total. The summed E-state index contributed by atoms with van der Waals surface area (Å²) < 4.78 is 29.6. The molecule has 14 heavy (non-hydrogen) atoms. The fraction of sp³-hybridized carbons (Fsp3) is 0.333. The molecule has 0 saturated heterocycles. The maximum atomic E-state index is 11.0. The zero-order valence-electron chi connectivity index (χ0n) is 7.78. The summed E-state index contributed by atoms with van der Waals surface area (Å²) in [5, 5.41) is 0. The average Bonchev–Trinajstić information content (AvgIpc) is 2.47. The van der Waals surface area contributed by atoms with Crippen LogP contribution in [0.25, 0.3) is 0 Å². The summed E-state index contributed by atoms with van der Waals surface area (Å²) in [6, 6.07) is 5.44. The summed E-state index contributed by atoms with van der Waals surface area (Å²) in [5.41, 5.74) is 2.78. The fourth-order valence-corrected chi connectivity index (χ4v) is 2.00. The first kappa shape index (κ1) is 9.48. The maximum absolute atomic E-state index is 11.0. The number of sulfonamides is 1. The van der Waals surface area contributed by atoms with E-state index in [1.54, 1.807) is 6.07 Å². The number of rotatable bonds is 2. The Hall–Kier alpha value is -1.07. The minimum atomic E-state index is -3.19. The monoisotopic (exact) mass is 213 g/mol. The first-order valence-electron chi connectivity index (χ1n) is 4.22. The van der Waals surface area contributed by atoms with Gasteiger partial charge in [-0.1, -0.05) is 6.07 Å². The molecule has 0 bridgehead atoms. The summed E-state index contributed by atoms with van der Waals surface area (Å²) in [5.74, 6) is 0. The van der Waals surface area contributed by atoms with E-state index in [0.717, 1.165) is 17.4 Å². The van der Waals surface area contributed by atoms with E-state index in [2.05, 4.69) is 4.72 Å². The van der Waals surface area contributed by atoms with Gasteiger partial charge in [-0.3, -0.25) is 4.72 Å². The van der Waals surface area contributed by atoms with E-state index in [1.165, 1.54) is 0 Å². The maximum Gasteiger partial charge on any atom is 0.229 e. The predicted octanol–water partition coefficient (Wildman–Crippen LogP) is 1.09. The van der Waals surface area contributed by atoms with Crippen LogP contribution in [0.5, 0.6) is 0 Å². The number of hydrogen-bond donors (Lipinski definition) is 1. The van der Waals surface area contributed by atoms with Crippen LogP contribution < -0.4 is 4.72 Å². The lowest BCUT2D eigenvalue weighted by Gasteiger charge is -2.04. The van der Waals surface area contributed by atoms with E-state index >= 15 is 0 Å². The quantitative estimate of drug-likeness (QED) is 0.800. The highest BCUT2D eigenvalue weighted by Gasteiger charge is 2.12. The van der Waals surface area contributed by atoms with Gasteiger partial charge in [0.25, 0.3) is 0 Å². The van der Waals surface area contributed by atoms with Gasteiger partial charge in [0.2, 0.25) is 10.0 Å². The molecule has 1 heterocycles. The molecule has 1 aliphatic rings. The zero-order valence-corrected chi connectivity index (χ0v) is 8.60. The van der Waals surface area contributed by atoms with Crippen molar-refractivity contribution in [2.45, 2.75) is 13.2 Å². The number of ether oxygens (including phenoxy) is 1. The molecule has 0 spiro atoms. The molecule has 4 nitrogen and oxygen atoms in total. The Labute approximate surface area is 82.9 Å². The standard InChI is InChI=1S/C9H11NO3S/c1-14(11,12)10-9-3-2-7-5-13-6-8(7)4-9/h2-4,10H,5-6H2,1H3. The molecule has 5 heteroatoms. The molecule has 0 aromatic heterocycles. The van der Waals surface area contributed by atoms with Gasteiger partial charge in [0.05, 0.1) is 19.5 Å². The molecule has 76 valence electrons. The molecule has 0 fully saturated rings. The Morgan fingerprint density at radius 1 is 1.29 bits per heavy atom. The van der Waals surface area contributed by atoms with Crippen LogP contribution in [0.3, 0.4) is 0 Å². The van der Waals surface area contributed by atoms with E-state index in [4.69, 9.17) is 4.74 Å². The second kappa shape index (κ2) is 3.25. The van der Waals surface area contributed by atoms with E-state index in [-0.39, 0.29) is 0 Å². The molecule has 2 rings (SSSR count). The van der Waals surface area contributed by atoms with Gasteiger partial charge in [-0.2, -0.15) is 0 Å². The Morgan fingerprint density at radius 3 is 2.71 bits per heavy atom. The molecule has 0 aliphatic carbocycles. The number of anilines is 1. The minimum absolute atomic E-state index is 0.564. The number of hydrogen-bond acceptors (Lipinski definition) is 3. The Bertz CT molecular complexity index is 453. The summed E-state index contributed by atoms with van der Waals surface area (Å²) in [4.78, 5) is 0. The minimum Gasteiger partial charge on any atom is -0.372 e. The third kappa shape index (κ3) is 2.05. The third-order valence-electron chi connectivity index (χ3n) is 2.02. The fourth-order valence-electron chi connectivity index (χ4n) is 1.45. The molecule has 0 radical (unpaired) electrons. The summed E-state index contributed by atoms with van der Waals surface area (Å²) in [6.07, 6.45) is 1.14. The van der Waals surface area contributed by atoms with Crippen LogP contribution >= 0.6 is 0 Å². The second-order valence-corrected chi connectivity index (χ2v) is 5.10. The molecule has 0 amide bonds. The lowest BCUT2D eigenvalue weighted by molar-refractivity contribution is 0.134. The van der Waals surface area contributed by atoms with Gasteiger partial charge >= 0.3 is 0 Å². The van der Waals surface area contributed by atoms with Crippen molar-refractivity contribution >= 4 is 15.7 Å². The first-order chi connectivity index (χ1) is 6.54. The largest absolute Gasteiger partial charge is 0.372 e. The molecule has 0 atom stereocenters. The van der Waals surface area contributed by atoms with Gasteiger partial charge in [-0.25, -0.2) is 8.42 Å². The molecule has 0 unspecified atom stereocenters. The van der Waals surface area contributed by atoms with Gasteiger partial charge in [0.15, 0.2) is 0 Å². The van der Waals surface area contributed by atoms with Gasteiger partial charge in [0, 0.05) is 5.69 Å². The molecule has 1 aromatic rings. The smallest absolute Gasteiger partial charge is 0.229 e. The van der Waals surface area contributed by atoms with Gasteiger partial charge in [-0.15, -0.1) is 0 Å². The van der Waals surface area contributed by atoms with Gasteiger partial charge in [-0.05, 0) is 23.3 Å². The van der Waals surface area contributed by atoms with Crippen LogP contribution in [0.1, 0.15) is 11.1 Å². The third-order valence-corrected chi connectivity index (χ3v) is 2.63. The highest BCUT2D eigenvalue weighted by molar-refractivity contribution is 7.92. The Morgan fingerprint density at radius 2 is 2.00 bits per heavy atom. The molecule has 1 aliphatic heterocycles. The van der Waals surface area contributed by atoms with Crippen LogP contribution in [-0.2, 0) is 28.0 Å². The van der Waals surface area contributed by atoms with Gasteiger partial charge in [0.1, 0.15) is 0 Å². The van der Waals surface area contributed by atoms with Crippen molar-refractivity contribution in [1.29, 1.82) is 0 Å². The van der Waals surface area contributed by atoms with Crippen LogP contribution in [0.2, 0.25) is 0 Å². The molecular formula is C9H11NO3S. The number of fused-ring (bicyclic) bond motifs is 1. The highest BCUT2D eigenvalue weighted by atomic mass is 32.2. The number of nitrogens with one attached hydrogen (secondary N) is 1. The Balaban J connectivity index is 2.29. The predicted molar refractivity (Wildman–Crippen MR) is 53.4 cm³/mol. The van der Waals surface area contributed by atoms with Crippen LogP contribution in [0.4, 0.5) is 5.69 Å². The van der Waals surface area contributed by atoms with Crippen molar-refractivity contribution in [3.8, 4) is 0 Å². The van der Waals surface area contributed by atoms with Crippen molar-refractivity contribution in [2.24, 2.45) is 0 Å². The number of benzene rings is 1. The highest BCUT2D eigenvalue weighted by Crippen LogP contribution is 2.23. The van der Waals surface area contributed by atoms with E-state index in [1.807, 2.05) is 12.1 Å². The van der Waals surface area contributed by atoms with Crippen molar-refractivity contribution in [1.82, 2.24) is 0 Å². The van der Waals surface area contributed by atoms with Crippen LogP contribution in [0, 0.1) is 0 Å². The van der Waals surface area contributed by atoms with Crippen molar-refractivity contribution in [3.63, 3.8) is 0 Å². The summed E-state index contributed by atoms with van der Waals surface area (Å²) in [7, 11) is -3.19. The van der Waals surface area contributed by atoms with Crippen LogP contribution in [-0.4, -0.2) is 14.7 Å². The lowest BCUT2D eigenvalue weighted by atomic mass is 10.1. The lowest BCUT2D eigenvalue weighted by Crippen LogP contribution is -2.09.